The molecule has 0 bridgehead atoms. The Morgan fingerprint density at radius 1 is 0.794 bits per heavy atom. The van der Waals surface area contributed by atoms with Crippen molar-refractivity contribution in [3.05, 3.63) is 82.7 Å². The summed E-state index contributed by atoms with van der Waals surface area (Å²) in [6, 6.07) is 15.9. The normalized spacial score (nSPS) is 14.9. The van der Waals surface area contributed by atoms with E-state index in [9.17, 15) is 18.0 Å². The van der Waals surface area contributed by atoms with Gasteiger partial charge in [0.1, 0.15) is 0 Å². The first-order valence-corrected chi connectivity index (χ1v) is 12.7. The molecule has 0 unspecified atom stereocenters. The summed E-state index contributed by atoms with van der Waals surface area (Å²) in [4.78, 5) is 26.9. The second-order valence-electron chi connectivity index (χ2n) is 8.75. The molecule has 0 atom stereocenters. The Kier molecular flexibility index (Phi) is 6.47. The molecular weight excluding hydrogens is 450 g/mol. The van der Waals surface area contributed by atoms with Crippen LogP contribution in [-0.2, 0) is 10.0 Å². The third-order valence-electron chi connectivity index (χ3n) is 6.32. The van der Waals surface area contributed by atoms with E-state index in [2.05, 4.69) is 4.57 Å². The molecule has 1 aliphatic heterocycles. The van der Waals surface area contributed by atoms with Gasteiger partial charge in [-0.2, -0.15) is 4.31 Å². The largest absolute Gasteiger partial charge is 0.336 e. The molecule has 7 nitrogen and oxygen atoms in total. The topological polar surface area (TPSA) is 79.7 Å². The van der Waals surface area contributed by atoms with Crippen molar-refractivity contribution in [1.29, 1.82) is 0 Å². The van der Waals surface area contributed by atoms with Crippen molar-refractivity contribution >= 4 is 21.7 Å². The van der Waals surface area contributed by atoms with Crippen LogP contribution in [-0.4, -0.2) is 60.1 Å². The highest BCUT2D eigenvalue weighted by molar-refractivity contribution is 7.89. The Bertz CT molecular complexity index is 1330. The molecular formula is C26H29N3O4S. The molecule has 0 aliphatic carbocycles. The van der Waals surface area contributed by atoms with Crippen molar-refractivity contribution in [2.75, 3.05) is 26.2 Å². The lowest BCUT2D eigenvalue weighted by molar-refractivity contribution is 0.0697. The van der Waals surface area contributed by atoms with Crippen LogP contribution in [0.3, 0.4) is 0 Å². The second-order valence-corrected chi connectivity index (χ2v) is 10.7. The summed E-state index contributed by atoms with van der Waals surface area (Å²) in [6.45, 7) is 8.45. The fraction of sp³-hybridized carbons (Fsp3) is 0.308. The molecule has 4 rings (SSSR count). The van der Waals surface area contributed by atoms with Crippen molar-refractivity contribution in [2.24, 2.45) is 0 Å². The van der Waals surface area contributed by atoms with Crippen LogP contribution in [0.25, 0.3) is 5.69 Å². The molecule has 34 heavy (non-hydrogen) atoms. The number of amides is 1. The summed E-state index contributed by atoms with van der Waals surface area (Å²) in [6.07, 6.45) is 0. The SMILES string of the molecule is CC(=O)c1ccc(S(=O)(=O)N2CCN(C(=O)c3cc(C)ccc3-n3c(C)ccc3C)CC2)cc1. The van der Waals surface area contributed by atoms with Gasteiger partial charge in [0.15, 0.2) is 5.78 Å². The maximum absolute atomic E-state index is 13.5. The zero-order chi connectivity index (χ0) is 24.6. The molecule has 0 saturated carbocycles. The lowest BCUT2D eigenvalue weighted by Crippen LogP contribution is -2.50. The Morgan fingerprint density at radius 2 is 1.38 bits per heavy atom. The minimum Gasteiger partial charge on any atom is -0.336 e. The predicted molar refractivity (Wildman–Crippen MR) is 131 cm³/mol. The number of nitrogens with zero attached hydrogens (tertiary/aromatic N) is 3. The van der Waals surface area contributed by atoms with Crippen LogP contribution in [0.15, 0.2) is 59.5 Å². The van der Waals surface area contributed by atoms with Gasteiger partial charge < -0.3 is 9.47 Å². The lowest BCUT2D eigenvalue weighted by Gasteiger charge is -2.34. The number of Topliss-reactive ketones (excluding diaryl/α,β-unsaturated/α-hetero) is 1. The van der Waals surface area contributed by atoms with Crippen LogP contribution in [0.2, 0.25) is 0 Å². The highest BCUT2D eigenvalue weighted by Gasteiger charge is 2.31. The van der Waals surface area contributed by atoms with Crippen LogP contribution >= 0.6 is 0 Å². The monoisotopic (exact) mass is 479 g/mol. The van der Waals surface area contributed by atoms with E-state index >= 15 is 0 Å². The number of ketones is 1. The summed E-state index contributed by atoms with van der Waals surface area (Å²) < 4.78 is 29.6. The second kappa shape index (κ2) is 9.19. The maximum atomic E-state index is 13.5. The van der Waals surface area contributed by atoms with Crippen LogP contribution in [0.4, 0.5) is 0 Å². The molecule has 1 saturated heterocycles. The van der Waals surface area contributed by atoms with Gasteiger partial charge in [-0.05, 0) is 64.1 Å². The summed E-state index contributed by atoms with van der Waals surface area (Å²) in [5.41, 5.74) is 4.99. The van der Waals surface area contributed by atoms with E-state index in [1.807, 2.05) is 51.1 Å². The Balaban J connectivity index is 1.54. The van der Waals surface area contributed by atoms with E-state index in [1.165, 1.54) is 35.5 Å². The molecule has 8 heteroatoms. The molecule has 3 aromatic rings. The molecule has 1 amide bonds. The number of carbonyl (C=O) groups excluding carboxylic acids is 2. The smallest absolute Gasteiger partial charge is 0.256 e. The standard InChI is InChI=1S/C26H29N3O4S/c1-18-5-12-25(29-19(2)6-7-20(29)3)24(17-18)26(31)27-13-15-28(16-14-27)34(32,33)23-10-8-22(9-11-23)21(4)30/h5-12,17H,13-16H2,1-4H3. The third-order valence-corrected chi connectivity index (χ3v) is 8.23. The molecule has 1 fully saturated rings. The highest BCUT2D eigenvalue weighted by Crippen LogP contribution is 2.25. The van der Waals surface area contributed by atoms with E-state index < -0.39 is 10.0 Å². The minimum atomic E-state index is -3.70. The molecule has 0 N–H and O–H groups in total. The van der Waals surface area contributed by atoms with Gasteiger partial charge in [-0.25, -0.2) is 8.42 Å². The van der Waals surface area contributed by atoms with Gasteiger partial charge in [0.25, 0.3) is 5.91 Å². The number of carbonyl (C=O) groups is 2. The summed E-state index contributed by atoms with van der Waals surface area (Å²) >= 11 is 0. The average Bonchev–Trinajstić information content (AvgIpc) is 3.16. The average molecular weight is 480 g/mol. The summed E-state index contributed by atoms with van der Waals surface area (Å²) in [5.74, 6) is -0.217. The zero-order valence-electron chi connectivity index (χ0n) is 19.9. The van der Waals surface area contributed by atoms with Crippen LogP contribution in [0.1, 0.15) is 44.6 Å². The molecule has 178 valence electrons. The van der Waals surface area contributed by atoms with Crippen molar-refractivity contribution in [3.63, 3.8) is 0 Å². The van der Waals surface area contributed by atoms with E-state index in [0.29, 0.717) is 24.2 Å². The van der Waals surface area contributed by atoms with Crippen molar-refractivity contribution in [2.45, 2.75) is 32.6 Å². The Hall–Kier alpha value is -3.23. The molecule has 0 radical (unpaired) electrons. The number of hydrogen-bond acceptors (Lipinski definition) is 4. The van der Waals surface area contributed by atoms with E-state index in [-0.39, 0.29) is 29.7 Å². The maximum Gasteiger partial charge on any atom is 0.256 e. The number of benzene rings is 2. The number of piperazine rings is 1. The molecule has 1 aliphatic rings. The Morgan fingerprint density at radius 3 is 1.94 bits per heavy atom. The fourth-order valence-corrected chi connectivity index (χ4v) is 5.80. The third kappa shape index (κ3) is 4.43. The van der Waals surface area contributed by atoms with Crippen molar-refractivity contribution < 1.29 is 18.0 Å². The van der Waals surface area contributed by atoms with Crippen LogP contribution in [0.5, 0.6) is 0 Å². The van der Waals surface area contributed by atoms with Gasteiger partial charge in [0, 0.05) is 43.1 Å². The first-order valence-electron chi connectivity index (χ1n) is 11.3. The molecule has 0 spiro atoms. The van der Waals surface area contributed by atoms with Gasteiger partial charge in [-0.15, -0.1) is 0 Å². The number of aryl methyl sites for hydroxylation is 3. The number of hydrogen-bond donors (Lipinski definition) is 0. The first-order chi connectivity index (χ1) is 16.1. The molecule has 1 aromatic heterocycles. The zero-order valence-corrected chi connectivity index (χ0v) is 20.7. The van der Waals surface area contributed by atoms with Crippen molar-refractivity contribution in [3.8, 4) is 5.69 Å². The minimum absolute atomic E-state index is 0.103. The predicted octanol–water partition coefficient (Wildman–Crippen LogP) is 3.75. The number of rotatable bonds is 5. The van der Waals surface area contributed by atoms with Gasteiger partial charge in [0.05, 0.1) is 16.1 Å². The van der Waals surface area contributed by atoms with E-state index in [1.54, 1.807) is 4.90 Å². The summed E-state index contributed by atoms with van der Waals surface area (Å²) in [5, 5.41) is 0. The highest BCUT2D eigenvalue weighted by atomic mass is 32.2. The van der Waals surface area contributed by atoms with Gasteiger partial charge in [-0.1, -0.05) is 23.8 Å². The van der Waals surface area contributed by atoms with Gasteiger partial charge in [0.2, 0.25) is 10.0 Å². The lowest BCUT2D eigenvalue weighted by atomic mass is 10.1. The van der Waals surface area contributed by atoms with Crippen LogP contribution in [0, 0.1) is 20.8 Å². The quantitative estimate of drug-likeness (QED) is 0.522. The first kappa shape index (κ1) is 23.9. The van der Waals surface area contributed by atoms with E-state index in [4.69, 9.17) is 0 Å². The van der Waals surface area contributed by atoms with Crippen LogP contribution < -0.4 is 0 Å². The van der Waals surface area contributed by atoms with Gasteiger partial charge in [-0.3, -0.25) is 9.59 Å². The fourth-order valence-electron chi connectivity index (χ4n) is 4.38. The number of aromatic nitrogens is 1. The molecule has 2 aromatic carbocycles. The van der Waals surface area contributed by atoms with Gasteiger partial charge >= 0.3 is 0 Å². The molecule has 2 heterocycles. The summed E-state index contributed by atoms with van der Waals surface area (Å²) in [7, 11) is -3.70. The Labute approximate surface area is 200 Å². The van der Waals surface area contributed by atoms with E-state index in [0.717, 1.165) is 22.6 Å². The van der Waals surface area contributed by atoms with Crippen molar-refractivity contribution in [1.82, 2.24) is 13.8 Å². The number of sulfonamides is 1.